The number of rotatable bonds is 2. The van der Waals surface area contributed by atoms with Crippen LogP contribution in [0, 0.1) is 5.21 Å². The number of pyridine rings is 1. The van der Waals surface area contributed by atoms with E-state index in [1.165, 1.54) is 12.4 Å². The third kappa shape index (κ3) is 2.14. The molecule has 2 rings (SSSR count). The Balaban J connectivity index is 2.29. The van der Waals surface area contributed by atoms with E-state index in [1.807, 2.05) is 30.3 Å². The molecule has 0 unspecified atom stereocenters. The molecule has 0 aliphatic carbocycles. The second-order valence-electron chi connectivity index (χ2n) is 3.30. The first-order valence-corrected chi connectivity index (χ1v) is 4.69. The van der Waals surface area contributed by atoms with Crippen LogP contribution in [0.25, 0.3) is 0 Å². The van der Waals surface area contributed by atoms with Crippen molar-refractivity contribution < 1.29 is 9.84 Å². The van der Waals surface area contributed by atoms with Crippen LogP contribution in [0.1, 0.15) is 17.2 Å². The van der Waals surface area contributed by atoms with Crippen LogP contribution in [-0.2, 0) is 0 Å². The number of aliphatic hydroxyl groups is 1. The zero-order valence-corrected chi connectivity index (χ0v) is 8.08. The van der Waals surface area contributed by atoms with Gasteiger partial charge < -0.3 is 10.3 Å². The Labute approximate surface area is 87.8 Å². The molecule has 2 aromatic rings. The van der Waals surface area contributed by atoms with E-state index in [1.54, 1.807) is 12.1 Å². The quantitative estimate of drug-likeness (QED) is 0.589. The minimum Gasteiger partial charge on any atom is -0.619 e. The molecule has 0 saturated carbocycles. The first-order valence-electron chi connectivity index (χ1n) is 4.69. The third-order valence-corrected chi connectivity index (χ3v) is 2.26. The highest BCUT2D eigenvalue weighted by Crippen LogP contribution is 2.19. The maximum atomic E-state index is 10.8. The molecule has 1 aromatic heterocycles. The lowest BCUT2D eigenvalue weighted by Gasteiger charge is -2.10. The molecule has 1 aromatic carbocycles. The molecule has 1 N–H and O–H groups in total. The van der Waals surface area contributed by atoms with Gasteiger partial charge in [0.2, 0.25) is 0 Å². The number of aliphatic hydroxyl groups excluding tert-OH is 1. The molecule has 0 spiro atoms. The lowest BCUT2D eigenvalue weighted by Crippen LogP contribution is -2.24. The van der Waals surface area contributed by atoms with E-state index in [2.05, 4.69) is 0 Å². The van der Waals surface area contributed by atoms with Crippen LogP contribution >= 0.6 is 0 Å². The van der Waals surface area contributed by atoms with Crippen LogP contribution in [-0.4, -0.2) is 5.11 Å². The van der Waals surface area contributed by atoms with Crippen LogP contribution in [0.3, 0.4) is 0 Å². The lowest BCUT2D eigenvalue weighted by atomic mass is 10.0. The van der Waals surface area contributed by atoms with Crippen molar-refractivity contribution in [1.29, 1.82) is 0 Å². The average molecular weight is 201 g/mol. The molecule has 0 fully saturated rings. The van der Waals surface area contributed by atoms with Gasteiger partial charge in [0, 0.05) is 12.1 Å². The van der Waals surface area contributed by atoms with Gasteiger partial charge in [-0.3, -0.25) is 0 Å². The van der Waals surface area contributed by atoms with Gasteiger partial charge in [0.05, 0.1) is 0 Å². The highest BCUT2D eigenvalue weighted by atomic mass is 16.5. The lowest BCUT2D eigenvalue weighted by molar-refractivity contribution is -0.605. The van der Waals surface area contributed by atoms with E-state index >= 15 is 0 Å². The topological polar surface area (TPSA) is 47.2 Å². The van der Waals surface area contributed by atoms with E-state index in [-0.39, 0.29) is 0 Å². The molecule has 0 amide bonds. The summed E-state index contributed by atoms with van der Waals surface area (Å²) in [5.74, 6) is 0. The van der Waals surface area contributed by atoms with Crippen molar-refractivity contribution in [3.05, 3.63) is 71.2 Å². The summed E-state index contributed by atoms with van der Waals surface area (Å²) in [6.07, 6.45) is 2.08. The second kappa shape index (κ2) is 4.11. The minimum absolute atomic E-state index is 0.674. The molecule has 3 heteroatoms. The van der Waals surface area contributed by atoms with Gasteiger partial charge in [-0.2, -0.15) is 4.73 Å². The molecule has 3 nitrogen and oxygen atoms in total. The zero-order valence-electron chi connectivity index (χ0n) is 8.08. The smallest absolute Gasteiger partial charge is 0.180 e. The van der Waals surface area contributed by atoms with Crippen molar-refractivity contribution in [3.63, 3.8) is 0 Å². The zero-order chi connectivity index (χ0) is 10.7. The van der Waals surface area contributed by atoms with Gasteiger partial charge in [0.15, 0.2) is 12.4 Å². The molecule has 76 valence electrons. The summed E-state index contributed by atoms with van der Waals surface area (Å²) in [5, 5.41) is 20.8. The number of benzene rings is 1. The van der Waals surface area contributed by atoms with E-state index < -0.39 is 6.10 Å². The number of aromatic nitrogens is 1. The van der Waals surface area contributed by atoms with Crippen molar-refractivity contribution in [2.75, 3.05) is 0 Å². The van der Waals surface area contributed by atoms with Crippen molar-refractivity contribution in [2.45, 2.75) is 6.10 Å². The summed E-state index contributed by atoms with van der Waals surface area (Å²) in [4.78, 5) is 0. The van der Waals surface area contributed by atoms with E-state index in [4.69, 9.17) is 0 Å². The van der Waals surface area contributed by atoms with Gasteiger partial charge in [-0.1, -0.05) is 30.3 Å². The number of hydrogen-bond donors (Lipinski definition) is 1. The fourth-order valence-electron chi connectivity index (χ4n) is 1.43. The Bertz CT molecular complexity index is 425. The monoisotopic (exact) mass is 201 g/mol. The maximum Gasteiger partial charge on any atom is 0.180 e. The van der Waals surface area contributed by atoms with Gasteiger partial charge in [-0.15, -0.1) is 0 Å². The molecule has 0 radical (unpaired) electrons. The van der Waals surface area contributed by atoms with E-state index in [0.29, 0.717) is 10.3 Å². The SMILES string of the molecule is [O-][n+]1ccc([C@@H](O)c2ccccc2)cc1. The summed E-state index contributed by atoms with van der Waals surface area (Å²) in [6.45, 7) is 0. The first kappa shape index (κ1) is 9.68. The Kier molecular flexibility index (Phi) is 2.65. The molecule has 0 bridgehead atoms. The summed E-state index contributed by atoms with van der Waals surface area (Å²) in [5.41, 5.74) is 1.54. The predicted molar refractivity (Wildman–Crippen MR) is 55.9 cm³/mol. The molecule has 1 heterocycles. The fourth-order valence-corrected chi connectivity index (χ4v) is 1.43. The first-order chi connectivity index (χ1) is 7.27. The summed E-state index contributed by atoms with van der Waals surface area (Å²) in [6, 6.07) is 12.6. The van der Waals surface area contributed by atoms with Gasteiger partial charge in [-0.05, 0) is 11.1 Å². The summed E-state index contributed by atoms with van der Waals surface area (Å²) >= 11 is 0. The molecular weight excluding hydrogens is 190 g/mol. The highest BCUT2D eigenvalue weighted by Gasteiger charge is 2.10. The molecule has 15 heavy (non-hydrogen) atoms. The van der Waals surface area contributed by atoms with E-state index in [0.717, 1.165) is 5.56 Å². The van der Waals surface area contributed by atoms with Crippen LogP contribution in [0.5, 0.6) is 0 Å². The largest absolute Gasteiger partial charge is 0.619 e. The Morgan fingerprint density at radius 3 is 2.07 bits per heavy atom. The highest BCUT2D eigenvalue weighted by molar-refractivity contribution is 5.27. The van der Waals surface area contributed by atoms with Crippen molar-refractivity contribution in [2.24, 2.45) is 0 Å². The minimum atomic E-state index is -0.674. The standard InChI is InChI=1S/C12H11NO2/c14-12(10-4-2-1-3-5-10)11-6-8-13(15)9-7-11/h1-9,12,14H/t12-/m0/s1. The molecule has 0 saturated heterocycles. The fraction of sp³-hybridized carbons (Fsp3) is 0.0833. The van der Waals surface area contributed by atoms with Gasteiger partial charge in [0.1, 0.15) is 6.10 Å². The number of nitrogens with zero attached hydrogens (tertiary/aromatic N) is 1. The van der Waals surface area contributed by atoms with Gasteiger partial charge in [-0.25, -0.2) is 0 Å². The Hall–Kier alpha value is -1.87. The van der Waals surface area contributed by atoms with Crippen LogP contribution in [0.15, 0.2) is 54.9 Å². The second-order valence-corrected chi connectivity index (χ2v) is 3.30. The molecular formula is C12H11NO2. The Morgan fingerprint density at radius 2 is 1.47 bits per heavy atom. The van der Waals surface area contributed by atoms with Crippen LogP contribution in [0.2, 0.25) is 0 Å². The van der Waals surface area contributed by atoms with E-state index in [9.17, 15) is 10.3 Å². The summed E-state index contributed by atoms with van der Waals surface area (Å²) < 4.78 is 0.696. The molecule has 0 aliphatic rings. The average Bonchev–Trinajstić information content (AvgIpc) is 2.30. The third-order valence-electron chi connectivity index (χ3n) is 2.26. The van der Waals surface area contributed by atoms with Gasteiger partial charge in [0.25, 0.3) is 0 Å². The van der Waals surface area contributed by atoms with Crippen LogP contribution < -0.4 is 4.73 Å². The number of hydrogen-bond acceptors (Lipinski definition) is 2. The Morgan fingerprint density at radius 1 is 0.933 bits per heavy atom. The normalized spacial score (nSPS) is 12.3. The van der Waals surface area contributed by atoms with Crippen molar-refractivity contribution in [1.82, 2.24) is 0 Å². The predicted octanol–water partition coefficient (Wildman–Crippen LogP) is 1.40. The maximum absolute atomic E-state index is 10.8. The molecule has 0 aliphatic heterocycles. The molecule has 1 atom stereocenters. The summed E-state index contributed by atoms with van der Waals surface area (Å²) in [7, 11) is 0. The van der Waals surface area contributed by atoms with Crippen LogP contribution in [0.4, 0.5) is 0 Å². The van der Waals surface area contributed by atoms with Crippen molar-refractivity contribution in [3.8, 4) is 0 Å². The van der Waals surface area contributed by atoms with Gasteiger partial charge >= 0.3 is 0 Å². The van der Waals surface area contributed by atoms with Crippen molar-refractivity contribution >= 4 is 0 Å².